The number of carbonyl (C=O) groups excluding carboxylic acids is 1. The average molecular weight is 235 g/mol. The number of esters is 1. The molecule has 0 bridgehead atoms. The van der Waals surface area contributed by atoms with E-state index in [9.17, 15) is 9.59 Å². The zero-order chi connectivity index (χ0) is 15.3. The van der Waals surface area contributed by atoms with E-state index < -0.39 is 24.9 Å². The van der Waals surface area contributed by atoms with Gasteiger partial charge in [0.1, 0.15) is 6.54 Å². The van der Waals surface area contributed by atoms with Gasteiger partial charge in [0.15, 0.2) is 6.10 Å². The van der Waals surface area contributed by atoms with Crippen LogP contribution in [0.4, 0.5) is 0 Å². The SMILES string of the molecule is [2H]C([2H])([2H])CCC(=O)O[C@H](CC(=O)O)C[N+](C)(C)C. The molecule has 0 radical (unpaired) electrons. The highest BCUT2D eigenvalue weighted by Crippen LogP contribution is 2.07. The number of rotatable bonds is 7. The second-order valence-corrected chi connectivity index (χ2v) is 4.68. The minimum atomic E-state index is -2.18. The van der Waals surface area contributed by atoms with E-state index in [1.165, 1.54) is 0 Å². The van der Waals surface area contributed by atoms with Crippen molar-refractivity contribution in [3.63, 3.8) is 0 Å². The summed E-state index contributed by atoms with van der Waals surface area (Å²) < 4.78 is 26.5. The first-order chi connectivity index (χ1) is 8.39. The minimum absolute atomic E-state index is 0.232. The Morgan fingerprint density at radius 2 is 2.06 bits per heavy atom. The highest BCUT2D eigenvalue weighted by molar-refractivity contribution is 5.71. The van der Waals surface area contributed by atoms with Crippen LogP contribution in [0.25, 0.3) is 0 Å². The molecular formula is C11H22NO4+. The Labute approximate surface area is 101 Å². The van der Waals surface area contributed by atoms with E-state index in [0.29, 0.717) is 11.0 Å². The first-order valence-corrected chi connectivity index (χ1v) is 5.11. The number of likely N-dealkylation sites (N-methyl/N-ethyl adjacent to an activating group) is 1. The standard InChI is InChI=1S/C11H21NO4/c1-5-6-11(15)16-9(7-10(13)14)8-12(2,3)4/h9H,5-8H2,1-4H3/p+1/t9-/m1/s1/i1D3. The molecule has 5 nitrogen and oxygen atoms in total. The molecule has 0 saturated heterocycles. The van der Waals surface area contributed by atoms with Gasteiger partial charge in [0, 0.05) is 10.5 Å². The molecule has 0 aromatic heterocycles. The first kappa shape index (κ1) is 10.1. The average Bonchev–Trinajstić information content (AvgIpc) is 2.09. The Kier molecular flexibility index (Phi) is 4.08. The van der Waals surface area contributed by atoms with Crippen molar-refractivity contribution >= 4 is 11.9 Å². The van der Waals surface area contributed by atoms with E-state index in [2.05, 4.69) is 0 Å². The van der Waals surface area contributed by atoms with Crippen molar-refractivity contribution in [2.24, 2.45) is 0 Å². The van der Waals surface area contributed by atoms with Crippen LogP contribution in [-0.4, -0.2) is 55.3 Å². The van der Waals surface area contributed by atoms with Crippen LogP contribution in [0.5, 0.6) is 0 Å². The number of hydrogen-bond acceptors (Lipinski definition) is 3. The van der Waals surface area contributed by atoms with Gasteiger partial charge in [-0.1, -0.05) is 6.85 Å². The molecule has 0 aliphatic heterocycles. The van der Waals surface area contributed by atoms with Crippen LogP contribution in [0, 0.1) is 0 Å². The van der Waals surface area contributed by atoms with E-state index in [1.807, 2.05) is 21.1 Å². The van der Waals surface area contributed by atoms with Crippen molar-refractivity contribution in [3.8, 4) is 0 Å². The third-order valence-electron chi connectivity index (χ3n) is 1.78. The number of quaternary nitrogens is 1. The molecule has 94 valence electrons. The number of nitrogens with zero attached hydrogens (tertiary/aromatic N) is 1. The summed E-state index contributed by atoms with van der Waals surface area (Å²) in [5.74, 6) is -1.72. The predicted molar refractivity (Wildman–Crippen MR) is 59.9 cm³/mol. The predicted octanol–water partition coefficient (Wildman–Crippen LogP) is 0.879. The molecule has 0 spiro atoms. The highest BCUT2D eigenvalue weighted by atomic mass is 16.5. The van der Waals surface area contributed by atoms with Crippen molar-refractivity contribution in [1.82, 2.24) is 0 Å². The van der Waals surface area contributed by atoms with Crippen LogP contribution in [0.1, 0.15) is 30.2 Å². The second kappa shape index (κ2) is 6.48. The third-order valence-corrected chi connectivity index (χ3v) is 1.78. The van der Waals surface area contributed by atoms with Gasteiger partial charge < -0.3 is 14.3 Å². The summed E-state index contributed by atoms with van der Waals surface area (Å²) >= 11 is 0. The molecule has 0 fully saturated rings. The Morgan fingerprint density at radius 3 is 2.50 bits per heavy atom. The third kappa shape index (κ3) is 8.23. The van der Waals surface area contributed by atoms with Gasteiger partial charge in [-0.05, 0) is 6.42 Å². The van der Waals surface area contributed by atoms with Gasteiger partial charge in [-0.3, -0.25) is 9.59 Å². The maximum Gasteiger partial charge on any atom is 0.307 e. The van der Waals surface area contributed by atoms with E-state index in [-0.39, 0.29) is 19.3 Å². The molecule has 0 saturated carbocycles. The summed E-state index contributed by atoms with van der Waals surface area (Å²) in [6.45, 7) is -1.83. The Hall–Kier alpha value is -1.10. The van der Waals surface area contributed by atoms with Crippen LogP contribution in [0.3, 0.4) is 0 Å². The van der Waals surface area contributed by atoms with Crippen LogP contribution in [0.2, 0.25) is 0 Å². The van der Waals surface area contributed by atoms with Crippen LogP contribution >= 0.6 is 0 Å². The summed E-state index contributed by atoms with van der Waals surface area (Å²) in [6.07, 6.45) is -1.53. The topological polar surface area (TPSA) is 63.6 Å². The Morgan fingerprint density at radius 1 is 1.44 bits per heavy atom. The number of carboxylic acid groups (broad SMARTS) is 1. The van der Waals surface area contributed by atoms with Crippen molar-refractivity contribution < 1.29 is 28.0 Å². The Balaban J connectivity index is 4.39. The quantitative estimate of drug-likeness (QED) is 0.525. The van der Waals surface area contributed by atoms with Gasteiger partial charge in [0.25, 0.3) is 0 Å². The van der Waals surface area contributed by atoms with Gasteiger partial charge in [-0.15, -0.1) is 0 Å². The van der Waals surface area contributed by atoms with Crippen molar-refractivity contribution in [3.05, 3.63) is 0 Å². The molecule has 0 amide bonds. The number of ether oxygens (including phenoxy) is 1. The lowest BCUT2D eigenvalue weighted by Crippen LogP contribution is -2.43. The highest BCUT2D eigenvalue weighted by Gasteiger charge is 2.24. The molecule has 16 heavy (non-hydrogen) atoms. The van der Waals surface area contributed by atoms with Crippen molar-refractivity contribution in [2.75, 3.05) is 27.7 Å². The monoisotopic (exact) mass is 235 g/mol. The lowest BCUT2D eigenvalue weighted by Gasteiger charge is -2.28. The normalized spacial score (nSPS) is 16.8. The van der Waals surface area contributed by atoms with E-state index in [0.717, 1.165) is 0 Å². The molecule has 5 heteroatoms. The first-order valence-electron chi connectivity index (χ1n) is 6.61. The number of carbonyl (C=O) groups is 2. The van der Waals surface area contributed by atoms with Gasteiger partial charge in [0.05, 0.1) is 27.6 Å². The summed E-state index contributed by atoms with van der Waals surface area (Å²) in [7, 11) is 5.56. The van der Waals surface area contributed by atoms with Gasteiger partial charge >= 0.3 is 11.9 Å². The van der Waals surface area contributed by atoms with Gasteiger partial charge in [-0.2, -0.15) is 0 Å². The smallest absolute Gasteiger partial charge is 0.307 e. The van der Waals surface area contributed by atoms with Gasteiger partial charge in [0.2, 0.25) is 0 Å². The molecule has 0 rings (SSSR count). The molecule has 0 heterocycles. The molecule has 0 aromatic carbocycles. The summed E-state index contributed by atoms with van der Waals surface area (Å²) in [5, 5.41) is 8.76. The molecule has 1 atom stereocenters. The molecule has 1 N–H and O–H groups in total. The van der Waals surface area contributed by atoms with Crippen LogP contribution < -0.4 is 0 Å². The summed E-state index contributed by atoms with van der Waals surface area (Å²) in [6, 6.07) is 0. The lowest BCUT2D eigenvalue weighted by atomic mass is 10.2. The Bertz CT molecular complexity index is 323. The van der Waals surface area contributed by atoms with Crippen molar-refractivity contribution in [1.29, 1.82) is 0 Å². The zero-order valence-corrected chi connectivity index (χ0v) is 10.0. The van der Waals surface area contributed by atoms with Gasteiger partial charge in [-0.25, -0.2) is 0 Å². The zero-order valence-electron chi connectivity index (χ0n) is 13.0. The molecule has 0 aromatic rings. The lowest BCUT2D eigenvalue weighted by molar-refractivity contribution is -0.873. The van der Waals surface area contributed by atoms with Crippen LogP contribution in [-0.2, 0) is 14.3 Å². The largest absolute Gasteiger partial charge is 0.481 e. The number of aliphatic carboxylic acids is 1. The maximum absolute atomic E-state index is 11.5. The van der Waals surface area contributed by atoms with E-state index >= 15 is 0 Å². The molecule has 0 unspecified atom stereocenters. The molecule has 0 aliphatic rings. The number of carboxylic acids is 1. The summed E-state index contributed by atoms with van der Waals surface area (Å²) in [5.41, 5.74) is 0. The minimum Gasteiger partial charge on any atom is -0.481 e. The van der Waals surface area contributed by atoms with Crippen molar-refractivity contribution in [2.45, 2.75) is 32.2 Å². The second-order valence-electron chi connectivity index (χ2n) is 4.68. The fourth-order valence-electron chi connectivity index (χ4n) is 1.30. The van der Waals surface area contributed by atoms with Crippen LogP contribution in [0.15, 0.2) is 0 Å². The van der Waals surface area contributed by atoms with E-state index in [4.69, 9.17) is 14.0 Å². The fourth-order valence-corrected chi connectivity index (χ4v) is 1.30. The summed E-state index contributed by atoms with van der Waals surface area (Å²) in [4.78, 5) is 22.2. The van der Waals surface area contributed by atoms with E-state index in [1.54, 1.807) is 0 Å². The maximum atomic E-state index is 11.5. The molecule has 0 aliphatic carbocycles. The fraction of sp³-hybridized carbons (Fsp3) is 0.818. The number of hydrogen-bond donors (Lipinski definition) is 1. The molecular weight excluding hydrogens is 210 g/mol.